The Labute approximate surface area is 232 Å². The van der Waals surface area contributed by atoms with Crippen molar-refractivity contribution in [3.05, 3.63) is 0 Å². The number of amides is 4. The fraction of sp³-hybridized carbons (Fsp3) is 0.708. The highest BCUT2D eigenvalue weighted by Gasteiger charge is 2.30. The summed E-state index contributed by atoms with van der Waals surface area (Å²) in [4.78, 5) is 76.4. The maximum Gasteiger partial charge on any atom is 0.326 e. The molecule has 4 amide bonds. The lowest BCUT2D eigenvalue weighted by atomic mass is 10.1. The quantitative estimate of drug-likeness (QED) is 0.0408. The molecule has 16 nitrogen and oxygen atoms in total. The van der Waals surface area contributed by atoms with Crippen molar-refractivity contribution in [2.45, 2.75) is 95.8 Å². The van der Waals surface area contributed by atoms with Gasteiger partial charge in [-0.15, -0.1) is 0 Å². The van der Waals surface area contributed by atoms with Crippen molar-refractivity contribution in [1.29, 1.82) is 0 Å². The predicted molar refractivity (Wildman–Crippen MR) is 144 cm³/mol. The number of unbranched alkanes of at least 4 members (excludes halogenated alkanes) is 4. The molecule has 16 heteroatoms. The molecule has 0 aliphatic rings. The Balaban J connectivity index is 5.10. The summed E-state index contributed by atoms with van der Waals surface area (Å²) in [5.74, 6) is -6.33. The van der Waals surface area contributed by atoms with Crippen molar-refractivity contribution in [3.8, 4) is 0 Å². The number of nitrogens with one attached hydrogen (secondary N) is 4. The topological polar surface area (TPSA) is 276 Å². The smallest absolute Gasteiger partial charge is 0.326 e. The summed E-state index contributed by atoms with van der Waals surface area (Å²) in [5.41, 5.74) is 10.4. The zero-order valence-electron chi connectivity index (χ0n) is 23.0. The van der Waals surface area contributed by atoms with Crippen LogP contribution in [-0.4, -0.2) is 94.2 Å². The zero-order chi connectivity index (χ0) is 30.7. The molecule has 0 rings (SSSR count). The first-order valence-electron chi connectivity index (χ1n) is 13.1. The number of guanidine groups is 1. The minimum absolute atomic E-state index is 0.0107. The lowest BCUT2D eigenvalue weighted by Crippen LogP contribution is -2.58. The van der Waals surface area contributed by atoms with Crippen molar-refractivity contribution in [3.63, 3.8) is 0 Å². The Morgan fingerprint density at radius 3 is 1.93 bits per heavy atom. The van der Waals surface area contributed by atoms with Gasteiger partial charge in [0.15, 0.2) is 5.96 Å². The van der Waals surface area contributed by atoms with Gasteiger partial charge in [-0.1, -0.05) is 32.6 Å². The lowest BCUT2D eigenvalue weighted by molar-refractivity contribution is -0.143. The summed E-state index contributed by atoms with van der Waals surface area (Å²) in [6.45, 7) is 2.63. The number of aliphatic carboxylic acids is 2. The van der Waals surface area contributed by atoms with E-state index in [2.05, 4.69) is 33.2 Å². The average Bonchev–Trinajstić information content (AvgIpc) is 2.87. The molecule has 40 heavy (non-hydrogen) atoms. The van der Waals surface area contributed by atoms with Crippen LogP contribution >= 0.6 is 0 Å². The van der Waals surface area contributed by atoms with E-state index in [-0.39, 0.29) is 31.8 Å². The summed E-state index contributed by atoms with van der Waals surface area (Å²) in [6.07, 6.45) is 3.96. The van der Waals surface area contributed by atoms with E-state index in [1.165, 1.54) is 6.92 Å². The first-order chi connectivity index (χ1) is 18.8. The first kappa shape index (κ1) is 36.0. The van der Waals surface area contributed by atoms with Crippen molar-refractivity contribution < 1.29 is 44.1 Å². The summed E-state index contributed by atoms with van der Waals surface area (Å²) >= 11 is 0. The Morgan fingerprint density at radius 2 is 1.38 bits per heavy atom. The number of carbonyl (C=O) groups is 6. The molecular weight excluding hydrogens is 530 g/mol. The van der Waals surface area contributed by atoms with Gasteiger partial charge in [-0.05, 0) is 26.2 Å². The van der Waals surface area contributed by atoms with E-state index < -0.39 is 72.8 Å². The van der Waals surface area contributed by atoms with Gasteiger partial charge >= 0.3 is 11.9 Å². The van der Waals surface area contributed by atoms with Crippen LogP contribution in [0.3, 0.4) is 0 Å². The molecule has 0 aromatic rings. The van der Waals surface area contributed by atoms with Crippen LogP contribution in [0.2, 0.25) is 0 Å². The van der Waals surface area contributed by atoms with Crippen molar-refractivity contribution in [2.75, 3.05) is 13.2 Å². The highest BCUT2D eigenvalue weighted by molar-refractivity contribution is 5.96. The molecule has 0 bridgehead atoms. The highest BCUT2D eigenvalue weighted by Crippen LogP contribution is 2.05. The van der Waals surface area contributed by atoms with E-state index in [0.717, 1.165) is 25.7 Å². The summed E-state index contributed by atoms with van der Waals surface area (Å²) in [5, 5.41) is 37.1. The number of carboxylic acids is 2. The molecule has 0 radical (unpaired) electrons. The molecular formula is C24H43N7O9. The fourth-order valence-electron chi connectivity index (χ4n) is 3.44. The number of aliphatic hydroxyl groups excluding tert-OH is 1. The summed E-state index contributed by atoms with van der Waals surface area (Å²) < 4.78 is 0. The molecule has 0 saturated carbocycles. The Kier molecular flexibility index (Phi) is 18.0. The van der Waals surface area contributed by atoms with Gasteiger partial charge in [0.25, 0.3) is 0 Å². The number of carbonyl (C=O) groups excluding carboxylic acids is 4. The van der Waals surface area contributed by atoms with Crippen LogP contribution in [-0.2, 0) is 28.8 Å². The molecule has 228 valence electrons. The number of nitrogens with two attached hydrogens (primary N) is 2. The largest absolute Gasteiger partial charge is 0.481 e. The second-order valence-electron chi connectivity index (χ2n) is 9.20. The number of nitrogens with zero attached hydrogens (tertiary/aromatic N) is 1. The van der Waals surface area contributed by atoms with E-state index in [4.69, 9.17) is 11.5 Å². The molecule has 0 heterocycles. The minimum atomic E-state index is -1.66. The Morgan fingerprint density at radius 1 is 0.775 bits per heavy atom. The number of hydrogen-bond donors (Lipinski definition) is 9. The molecule has 0 unspecified atom stereocenters. The molecule has 0 spiro atoms. The summed E-state index contributed by atoms with van der Waals surface area (Å²) in [6, 6.07) is -5.70. The fourth-order valence-corrected chi connectivity index (χ4v) is 3.44. The van der Waals surface area contributed by atoms with Gasteiger partial charge in [0.05, 0.1) is 13.0 Å². The highest BCUT2D eigenvalue weighted by atomic mass is 16.4. The van der Waals surface area contributed by atoms with Crippen LogP contribution in [0, 0.1) is 0 Å². The molecule has 0 saturated heterocycles. The third-order valence-corrected chi connectivity index (χ3v) is 5.67. The van der Waals surface area contributed by atoms with Crippen LogP contribution in [0.5, 0.6) is 0 Å². The molecule has 0 aromatic heterocycles. The SMILES string of the molecule is CCCCCCCC(=O)N[C@@H](CO)C(=O)N[C@@H](CC(=O)O)C(=O)N[C@@H](C)C(=O)N[C@@H](CCCN=C(N)N)C(=O)O. The third-order valence-electron chi connectivity index (χ3n) is 5.67. The monoisotopic (exact) mass is 573 g/mol. The average molecular weight is 574 g/mol. The number of aliphatic imine (C=N–C) groups is 1. The molecule has 0 aliphatic carbocycles. The van der Waals surface area contributed by atoms with Crippen LogP contribution in [0.1, 0.15) is 71.6 Å². The minimum Gasteiger partial charge on any atom is -0.481 e. The molecule has 0 fully saturated rings. The van der Waals surface area contributed by atoms with Crippen LogP contribution in [0.25, 0.3) is 0 Å². The Hall–Kier alpha value is -3.95. The van der Waals surface area contributed by atoms with Gasteiger partial charge in [0.1, 0.15) is 24.2 Å². The van der Waals surface area contributed by atoms with Gasteiger partial charge in [0.2, 0.25) is 23.6 Å². The van der Waals surface area contributed by atoms with Crippen molar-refractivity contribution >= 4 is 41.5 Å². The van der Waals surface area contributed by atoms with Crippen molar-refractivity contribution in [2.24, 2.45) is 16.5 Å². The van der Waals surface area contributed by atoms with Gasteiger partial charge in [-0.25, -0.2) is 4.79 Å². The van der Waals surface area contributed by atoms with E-state index in [9.17, 15) is 44.1 Å². The maximum atomic E-state index is 12.7. The lowest BCUT2D eigenvalue weighted by Gasteiger charge is -2.23. The molecule has 0 aromatic carbocycles. The van der Waals surface area contributed by atoms with Crippen molar-refractivity contribution in [1.82, 2.24) is 21.3 Å². The summed E-state index contributed by atoms with van der Waals surface area (Å²) in [7, 11) is 0. The number of hydrogen-bond acceptors (Lipinski definition) is 8. The normalized spacial score (nSPS) is 13.6. The van der Waals surface area contributed by atoms with E-state index in [0.29, 0.717) is 6.42 Å². The second kappa shape index (κ2) is 20.0. The van der Waals surface area contributed by atoms with Gasteiger partial charge in [0, 0.05) is 13.0 Å². The number of aliphatic hydroxyl groups is 1. The van der Waals surface area contributed by atoms with Gasteiger partial charge in [-0.3, -0.25) is 29.0 Å². The maximum absolute atomic E-state index is 12.7. The van der Waals surface area contributed by atoms with Gasteiger partial charge in [-0.2, -0.15) is 0 Å². The molecule has 4 atom stereocenters. The van der Waals surface area contributed by atoms with E-state index >= 15 is 0 Å². The van der Waals surface area contributed by atoms with Crippen LogP contribution < -0.4 is 32.7 Å². The first-order valence-corrected chi connectivity index (χ1v) is 13.1. The van der Waals surface area contributed by atoms with Crippen LogP contribution in [0.4, 0.5) is 0 Å². The van der Waals surface area contributed by atoms with E-state index in [1.54, 1.807) is 0 Å². The standard InChI is InChI=1S/C24H43N7O9/c1-3-4-5-6-7-10-18(33)29-17(13-32)22(38)31-16(12-19(34)35)21(37)28-14(2)20(36)30-15(23(39)40)9-8-11-27-24(25)26/h14-17,32H,3-13H2,1-2H3,(H,28,37)(H,29,33)(H,30,36)(H,31,38)(H,34,35)(H,39,40)(H4,25,26,27)/t14-,15-,16-,17-/m0/s1. The van der Waals surface area contributed by atoms with E-state index in [1.807, 2.05) is 0 Å². The molecule has 0 aliphatic heterocycles. The Bertz CT molecular complexity index is 894. The van der Waals surface area contributed by atoms with Gasteiger partial charge < -0.3 is 48.1 Å². The second-order valence-corrected chi connectivity index (χ2v) is 9.20. The number of rotatable bonds is 21. The molecule has 11 N–H and O–H groups in total. The number of carboxylic acid groups (broad SMARTS) is 2. The third kappa shape index (κ3) is 16.1. The zero-order valence-corrected chi connectivity index (χ0v) is 23.0. The van der Waals surface area contributed by atoms with Crippen LogP contribution in [0.15, 0.2) is 4.99 Å². The predicted octanol–water partition coefficient (Wildman–Crippen LogP) is -2.09.